The molecule has 0 amide bonds. The molecule has 2 nitrogen and oxygen atoms in total. The number of hydrogen-bond acceptors (Lipinski definition) is 2. The summed E-state index contributed by atoms with van der Waals surface area (Å²) in [6, 6.07) is 0. The van der Waals surface area contributed by atoms with Crippen LogP contribution >= 0.6 is 0 Å². The summed E-state index contributed by atoms with van der Waals surface area (Å²) in [6.45, 7) is 14.8. The molecule has 0 spiro atoms. The molecule has 0 atom stereocenters. The summed E-state index contributed by atoms with van der Waals surface area (Å²) >= 11 is 0. The molecule has 0 rings (SSSR count). The van der Waals surface area contributed by atoms with E-state index in [-0.39, 0.29) is 17.5 Å². The zero-order valence-electron chi connectivity index (χ0n) is 14.1. The fraction of sp³-hybridized carbons (Fsp3) is 0.941. The first-order chi connectivity index (χ1) is 8.87. The number of carbonyl (C=O) groups excluding carboxylic acids is 1. The number of hydrogen-bond donors (Lipinski definition) is 0. The lowest BCUT2D eigenvalue weighted by Gasteiger charge is -2.34. The molecule has 0 aliphatic heterocycles. The molecule has 114 valence electrons. The van der Waals surface area contributed by atoms with Gasteiger partial charge in [0.25, 0.3) is 0 Å². The maximum absolute atomic E-state index is 12.4. The minimum Gasteiger partial charge on any atom is -0.461 e. The quantitative estimate of drug-likeness (QED) is 0.538. The molecule has 0 aliphatic rings. The van der Waals surface area contributed by atoms with Gasteiger partial charge in [-0.05, 0) is 57.8 Å². The number of rotatable bonds is 9. The van der Waals surface area contributed by atoms with Gasteiger partial charge in [0.05, 0.1) is 5.41 Å². The topological polar surface area (TPSA) is 26.3 Å². The third kappa shape index (κ3) is 5.16. The summed E-state index contributed by atoms with van der Waals surface area (Å²) < 4.78 is 5.96. The Hall–Kier alpha value is -0.530. The summed E-state index contributed by atoms with van der Waals surface area (Å²) in [5.41, 5.74) is -0.365. The molecule has 0 fully saturated rings. The van der Waals surface area contributed by atoms with E-state index in [1.165, 1.54) is 0 Å². The largest absolute Gasteiger partial charge is 0.461 e. The van der Waals surface area contributed by atoms with Crippen molar-refractivity contribution >= 4 is 5.97 Å². The van der Waals surface area contributed by atoms with Crippen LogP contribution in [0, 0.1) is 17.3 Å². The van der Waals surface area contributed by atoms with E-state index < -0.39 is 0 Å². The molecule has 0 radical (unpaired) electrons. The lowest BCUT2D eigenvalue weighted by molar-refractivity contribution is -0.166. The average Bonchev–Trinajstić information content (AvgIpc) is 2.40. The average molecular weight is 270 g/mol. The monoisotopic (exact) mass is 270 g/mol. The smallest absolute Gasteiger partial charge is 0.311 e. The predicted molar refractivity (Wildman–Crippen MR) is 82.1 cm³/mol. The predicted octanol–water partition coefficient (Wildman–Crippen LogP) is 5.21. The Morgan fingerprint density at radius 2 is 1.26 bits per heavy atom. The summed E-state index contributed by atoms with van der Waals surface area (Å²) in [6.07, 6.45) is 5.23. The van der Waals surface area contributed by atoms with Crippen LogP contribution in [0.5, 0.6) is 0 Å². The van der Waals surface area contributed by atoms with Crippen molar-refractivity contribution in [1.82, 2.24) is 0 Å². The maximum Gasteiger partial charge on any atom is 0.311 e. The van der Waals surface area contributed by atoms with Gasteiger partial charge in [0.1, 0.15) is 6.10 Å². The Balaban J connectivity index is 5.00. The van der Waals surface area contributed by atoms with Gasteiger partial charge in [-0.1, -0.05) is 34.6 Å². The van der Waals surface area contributed by atoms with Crippen LogP contribution in [0.3, 0.4) is 0 Å². The molecular formula is C17H34O2. The minimum absolute atomic E-state index is 0.0289. The van der Waals surface area contributed by atoms with Gasteiger partial charge in [-0.25, -0.2) is 0 Å². The van der Waals surface area contributed by atoms with Gasteiger partial charge in [0.2, 0.25) is 0 Å². The lowest BCUT2D eigenvalue weighted by Crippen LogP contribution is -2.38. The molecule has 0 aromatic carbocycles. The van der Waals surface area contributed by atoms with Gasteiger partial charge in [-0.15, -0.1) is 0 Å². The van der Waals surface area contributed by atoms with E-state index >= 15 is 0 Å². The van der Waals surface area contributed by atoms with E-state index in [1.807, 2.05) is 20.8 Å². The number of ether oxygens (including phenoxy) is 1. The molecular weight excluding hydrogens is 236 g/mol. The fourth-order valence-corrected chi connectivity index (χ4v) is 2.51. The molecule has 0 saturated carbocycles. The van der Waals surface area contributed by atoms with Gasteiger partial charge in [0, 0.05) is 0 Å². The van der Waals surface area contributed by atoms with Crippen LogP contribution in [-0.4, -0.2) is 12.1 Å². The maximum atomic E-state index is 12.4. The second-order valence-corrected chi connectivity index (χ2v) is 6.26. The van der Waals surface area contributed by atoms with Crippen molar-refractivity contribution < 1.29 is 9.53 Å². The highest BCUT2D eigenvalue weighted by Gasteiger charge is 2.34. The van der Waals surface area contributed by atoms with Crippen LogP contribution in [-0.2, 0) is 9.53 Å². The second kappa shape index (κ2) is 8.60. The summed E-state index contributed by atoms with van der Waals surface area (Å²) in [7, 11) is 0. The van der Waals surface area contributed by atoms with E-state index in [1.54, 1.807) is 0 Å². The highest BCUT2D eigenvalue weighted by molar-refractivity contribution is 5.76. The third-order valence-corrected chi connectivity index (χ3v) is 4.71. The first-order valence-corrected chi connectivity index (χ1v) is 8.08. The van der Waals surface area contributed by atoms with Crippen LogP contribution in [0.1, 0.15) is 80.6 Å². The molecule has 0 heterocycles. The first kappa shape index (κ1) is 18.5. The molecule has 0 aliphatic carbocycles. The highest BCUT2D eigenvalue weighted by Crippen LogP contribution is 2.31. The van der Waals surface area contributed by atoms with Crippen molar-refractivity contribution in [1.29, 1.82) is 0 Å². The zero-order chi connectivity index (χ0) is 15.1. The van der Waals surface area contributed by atoms with E-state index in [0.717, 1.165) is 32.1 Å². The van der Waals surface area contributed by atoms with Gasteiger partial charge < -0.3 is 4.74 Å². The SMILES string of the molecule is CCC(CC)C(OC(=O)C(C)(C)CC)C(CC)CC. The van der Waals surface area contributed by atoms with Gasteiger partial charge in [0.15, 0.2) is 0 Å². The van der Waals surface area contributed by atoms with Crippen LogP contribution in [0.4, 0.5) is 0 Å². The second-order valence-electron chi connectivity index (χ2n) is 6.26. The van der Waals surface area contributed by atoms with Crippen molar-refractivity contribution in [3.05, 3.63) is 0 Å². The molecule has 0 N–H and O–H groups in total. The van der Waals surface area contributed by atoms with Crippen molar-refractivity contribution in [3.63, 3.8) is 0 Å². The first-order valence-electron chi connectivity index (χ1n) is 8.08. The normalized spacial score (nSPS) is 12.5. The Labute approximate surface area is 120 Å². The Morgan fingerprint density at radius 3 is 1.53 bits per heavy atom. The fourth-order valence-electron chi connectivity index (χ4n) is 2.51. The van der Waals surface area contributed by atoms with E-state index in [4.69, 9.17) is 4.74 Å². The highest BCUT2D eigenvalue weighted by atomic mass is 16.5. The van der Waals surface area contributed by atoms with Gasteiger partial charge in [-0.2, -0.15) is 0 Å². The zero-order valence-corrected chi connectivity index (χ0v) is 14.1. The summed E-state index contributed by atoms with van der Waals surface area (Å²) in [5, 5.41) is 0. The van der Waals surface area contributed by atoms with Crippen LogP contribution in [0.25, 0.3) is 0 Å². The van der Waals surface area contributed by atoms with Gasteiger partial charge >= 0.3 is 5.97 Å². The van der Waals surface area contributed by atoms with Crippen molar-refractivity contribution in [2.75, 3.05) is 0 Å². The van der Waals surface area contributed by atoms with Gasteiger partial charge in [-0.3, -0.25) is 4.79 Å². The third-order valence-electron chi connectivity index (χ3n) is 4.71. The van der Waals surface area contributed by atoms with Crippen molar-refractivity contribution in [3.8, 4) is 0 Å². The Bertz CT molecular complexity index is 238. The van der Waals surface area contributed by atoms with E-state index in [2.05, 4.69) is 27.7 Å². The Kier molecular flexibility index (Phi) is 8.36. The molecule has 2 heteroatoms. The lowest BCUT2D eigenvalue weighted by atomic mass is 9.83. The number of esters is 1. The van der Waals surface area contributed by atoms with E-state index in [0.29, 0.717) is 11.8 Å². The molecule has 0 aromatic heterocycles. The molecule has 0 saturated heterocycles. The van der Waals surface area contributed by atoms with Crippen molar-refractivity contribution in [2.45, 2.75) is 86.7 Å². The van der Waals surface area contributed by atoms with Crippen LogP contribution in [0.15, 0.2) is 0 Å². The molecule has 0 bridgehead atoms. The number of carbonyl (C=O) groups is 1. The van der Waals surface area contributed by atoms with E-state index in [9.17, 15) is 4.79 Å². The molecule has 19 heavy (non-hydrogen) atoms. The van der Waals surface area contributed by atoms with Crippen LogP contribution in [0.2, 0.25) is 0 Å². The molecule has 0 unspecified atom stereocenters. The molecule has 0 aromatic rings. The Morgan fingerprint density at radius 1 is 0.895 bits per heavy atom. The summed E-state index contributed by atoms with van der Waals surface area (Å²) in [4.78, 5) is 12.4. The minimum atomic E-state index is -0.365. The van der Waals surface area contributed by atoms with Crippen molar-refractivity contribution in [2.24, 2.45) is 17.3 Å². The van der Waals surface area contributed by atoms with Crippen LogP contribution < -0.4 is 0 Å². The standard InChI is InChI=1S/C17H34O2/c1-8-13(9-2)15(14(10-3)11-4)19-16(18)17(6,7)12-5/h13-15H,8-12H2,1-7H3. The summed E-state index contributed by atoms with van der Waals surface area (Å²) in [5.74, 6) is 0.946.